The molecule has 0 saturated heterocycles. The van der Waals surface area contributed by atoms with Crippen molar-refractivity contribution in [1.82, 2.24) is 19.1 Å². The molecule has 10 aromatic carbocycles. The van der Waals surface area contributed by atoms with Gasteiger partial charge in [-0.15, -0.1) is 0 Å². The second-order valence-corrected chi connectivity index (χ2v) is 18.1. The number of hydrogen-bond donors (Lipinski definition) is 0. The van der Waals surface area contributed by atoms with Gasteiger partial charge in [0.25, 0.3) is 0 Å². The minimum atomic E-state index is 0.442. The summed E-state index contributed by atoms with van der Waals surface area (Å²) in [6.07, 6.45) is 2.18. The van der Waals surface area contributed by atoms with Crippen LogP contribution in [0.25, 0.3) is 100 Å². The van der Waals surface area contributed by atoms with Gasteiger partial charge in [-0.1, -0.05) is 184 Å². The van der Waals surface area contributed by atoms with Crippen LogP contribution in [0.1, 0.15) is 49.7 Å². The van der Waals surface area contributed by atoms with Crippen molar-refractivity contribution in [3.05, 3.63) is 242 Å². The molecule has 2 heterocycles. The van der Waals surface area contributed by atoms with Crippen LogP contribution >= 0.6 is 0 Å². The monoisotopic (exact) mass is 874 g/mol. The van der Waals surface area contributed by atoms with Crippen molar-refractivity contribution in [2.24, 2.45) is 0 Å². The van der Waals surface area contributed by atoms with Crippen molar-refractivity contribution < 1.29 is 0 Å². The first kappa shape index (κ1) is 41.1. The third-order valence-electron chi connectivity index (χ3n) is 14.0. The number of nitrogens with zero attached hydrogens (tertiary/aromatic N) is 4. The van der Waals surface area contributed by atoms with E-state index < -0.39 is 0 Å². The molecule has 0 amide bonds. The van der Waals surface area contributed by atoms with Crippen LogP contribution in [0.2, 0.25) is 0 Å². The molecule has 2 atom stereocenters. The maximum absolute atomic E-state index is 5.35. The lowest BCUT2D eigenvalue weighted by Crippen LogP contribution is -2.04. The zero-order chi connectivity index (χ0) is 45.6. The molecule has 0 radical (unpaired) electrons. The van der Waals surface area contributed by atoms with Crippen LogP contribution in [0, 0.1) is 0 Å². The molecule has 0 aliphatic carbocycles. The van der Waals surface area contributed by atoms with E-state index in [2.05, 4.69) is 254 Å². The van der Waals surface area contributed by atoms with Crippen LogP contribution in [0.5, 0.6) is 0 Å². The van der Waals surface area contributed by atoms with Gasteiger partial charge in [0.2, 0.25) is 0 Å². The number of rotatable bonds is 11. The van der Waals surface area contributed by atoms with Gasteiger partial charge in [-0.25, -0.2) is 9.97 Å². The van der Waals surface area contributed by atoms with Gasteiger partial charge >= 0.3 is 0 Å². The Morgan fingerprint density at radius 2 is 0.794 bits per heavy atom. The first-order valence-electron chi connectivity index (χ1n) is 23.9. The molecule has 0 spiro atoms. The van der Waals surface area contributed by atoms with Crippen LogP contribution in [-0.4, -0.2) is 19.1 Å². The maximum atomic E-state index is 5.35. The fourth-order valence-corrected chi connectivity index (χ4v) is 10.7. The van der Waals surface area contributed by atoms with Crippen LogP contribution in [-0.2, 0) is 0 Å². The van der Waals surface area contributed by atoms with Gasteiger partial charge in [0.1, 0.15) is 11.6 Å². The fraction of sp³-hybridized carbons (Fsp3) is 0.0938. The Hall–Kier alpha value is -8.34. The van der Waals surface area contributed by atoms with Crippen molar-refractivity contribution in [3.63, 3.8) is 0 Å². The molecular formula is C64H50N4. The number of aromatic nitrogens is 4. The third-order valence-corrected chi connectivity index (χ3v) is 14.0. The average Bonchev–Trinajstić information content (AvgIpc) is 4.00. The smallest absolute Gasteiger partial charge is 0.145 e. The highest BCUT2D eigenvalue weighted by atomic mass is 15.1. The van der Waals surface area contributed by atoms with Gasteiger partial charge in [-0.3, -0.25) is 9.13 Å². The second kappa shape index (κ2) is 17.5. The molecule has 0 saturated carbocycles. The summed E-state index contributed by atoms with van der Waals surface area (Å²) < 4.78 is 4.60. The third kappa shape index (κ3) is 7.26. The topological polar surface area (TPSA) is 35.6 Å². The number of para-hydroxylation sites is 6. The van der Waals surface area contributed by atoms with Crippen molar-refractivity contribution in [2.45, 2.75) is 38.5 Å². The zero-order valence-electron chi connectivity index (χ0n) is 38.3. The van der Waals surface area contributed by atoms with Crippen molar-refractivity contribution >= 4 is 43.6 Å². The summed E-state index contributed by atoms with van der Waals surface area (Å²) in [5, 5.41) is 4.74. The van der Waals surface area contributed by atoms with Crippen molar-refractivity contribution in [2.75, 3.05) is 0 Å². The molecular weight excluding hydrogens is 825 g/mol. The van der Waals surface area contributed by atoms with Crippen LogP contribution in [0.15, 0.2) is 231 Å². The quantitative estimate of drug-likeness (QED) is 0.121. The SMILES string of the molecule is CCC(CC(C)c1ccccc1)c1ccc(-c2c3ccc(-c4nc5ccccc5n4-c4ccccc4)cc3c(-c3ccccc3)c3ccc(-c4nc5ccccc5n4-c4ccccc4)cc23)cc1. The molecule has 0 aliphatic rings. The molecule has 2 aromatic heterocycles. The second-order valence-electron chi connectivity index (χ2n) is 18.1. The molecule has 68 heavy (non-hydrogen) atoms. The molecule has 0 fully saturated rings. The lowest BCUT2D eigenvalue weighted by atomic mass is 9.82. The van der Waals surface area contributed by atoms with E-state index in [0.29, 0.717) is 11.8 Å². The zero-order valence-corrected chi connectivity index (χ0v) is 38.3. The Morgan fingerprint density at radius 1 is 0.382 bits per heavy atom. The van der Waals surface area contributed by atoms with Crippen LogP contribution in [0.4, 0.5) is 0 Å². The molecule has 2 unspecified atom stereocenters. The Balaban J connectivity index is 1.11. The van der Waals surface area contributed by atoms with E-state index in [1.807, 2.05) is 0 Å². The highest BCUT2D eigenvalue weighted by Gasteiger charge is 2.23. The molecule has 12 aromatic rings. The number of hydrogen-bond acceptors (Lipinski definition) is 2. The normalized spacial score (nSPS) is 12.6. The Bertz CT molecular complexity index is 3740. The predicted octanol–water partition coefficient (Wildman–Crippen LogP) is 17.0. The van der Waals surface area contributed by atoms with Gasteiger partial charge in [0, 0.05) is 22.5 Å². The predicted molar refractivity (Wildman–Crippen MR) is 285 cm³/mol. The summed E-state index contributed by atoms with van der Waals surface area (Å²) in [5.41, 5.74) is 15.9. The lowest BCUT2D eigenvalue weighted by molar-refractivity contribution is 0.544. The minimum Gasteiger partial charge on any atom is -0.292 e. The Morgan fingerprint density at radius 3 is 1.28 bits per heavy atom. The lowest BCUT2D eigenvalue weighted by Gasteiger charge is -2.22. The summed E-state index contributed by atoms with van der Waals surface area (Å²) in [6.45, 7) is 4.69. The highest BCUT2D eigenvalue weighted by Crippen LogP contribution is 2.47. The standard InChI is InChI=1S/C64H50N4/c1-3-44(40-43(2)45-20-8-4-9-21-45)46-32-34-48(35-33-46)62-54-39-37-49(63-65-57-28-16-18-30-59(57)67(63)51-24-12-6-13-25-51)41-55(54)61(47-22-10-5-11-23-47)53-38-36-50(42-56(53)62)64-66-58-29-17-19-31-60(58)68(64)52-26-14-7-15-27-52/h4-39,41-44H,3,40H2,1-2H3. The van der Waals surface area contributed by atoms with Crippen LogP contribution < -0.4 is 0 Å². The molecule has 326 valence electrons. The van der Waals surface area contributed by atoms with Gasteiger partial charge in [0.15, 0.2) is 0 Å². The number of fused-ring (bicyclic) bond motifs is 4. The van der Waals surface area contributed by atoms with Gasteiger partial charge in [0.05, 0.1) is 22.1 Å². The summed E-state index contributed by atoms with van der Waals surface area (Å²) in [7, 11) is 0. The van der Waals surface area contributed by atoms with Crippen molar-refractivity contribution in [1.29, 1.82) is 0 Å². The molecule has 12 rings (SSSR count). The summed E-state index contributed by atoms with van der Waals surface area (Å²) in [6, 6.07) is 83.5. The maximum Gasteiger partial charge on any atom is 0.145 e. The molecule has 0 aliphatic heterocycles. The largest absolute Gasteiger partial charge is 0.292 e. The fourth-order valence-electron chi connectivity index (χ4n) is 10.7. The van der Waals surface area contributed by atoms with Gasteiger partial charge < -0.3 is 0 Å². The summed E-state index contributed by atoms with van der Waals surface area (Å²) in [4.78, 5) is 10.7. The van der Waals surface area contributed by atoms with E-state index in [9.17, 15) is 0 Å². The Labute approximate surface area is 397 Å². The van der Waals surface area contributed by atoms with Gasteiger partial charge in [-0.05, 0) is 140 Å². The number of benzene rings is 10. The molecule has 0 N–H and O–H groups in total. The first-order chi connectivity index (χ1) is 33.6. The number of imidazole rings is 2. The van der Waals surface area contributed by atoms with E-state index in [1.54, 1.807) is 0 Å². The molecule has 4 heteroatoms. The Kier molecular flexibility index (Phi) is 10.6. The molecule has 0 bridgehead atoms. The summed E-state index contributed by atoms with van der Waals surface area (Å²) >= 11 is 0. The minimum absolute atomic E-state index is 0.442. The van der Waals surface area contributed by atoms with E-state index in [-0.39, 0.29) is 0 Å². The van der Waals surface area contributed by atoms with Crippen molar-refractivity contribution in [3.8, 4) is 56.4 Å². The molecule has 4 nitrogen and oxygen atoms in total. The van der Waals surface area contributed by atoms with Gasteiger partial charge in [-0.2, -0.15) is 0 Å². The van der Waals surface area contributed by atoms with Crippen LogP contribution in [0.3, 0.4) is 0 Å². The first-order valence-corrected chi connectivity index (χ1v) is 23.9. The van der Waals surface area contributed by atoms with E-state index in [1.165, 1.54) is 54.9 Å². The van der Waals surface area contributed by atoms with E-state index >= 15 is 0 Å². The van der Waals surface area contributed by atoms with E-state index in [0.717, 1.165) is 69.1 Å². The summed E-state index contributed by atoms with van der Waals surface area (Å²) in [5.74, 6) is 2.73. The average molecular weight is 875 g/mol. The highest BCUT2D eigenvalue weighted by molar-refractivity contribution is 6.22. The van der Waals surface area contributed by atoms with E-state index in [4.69, 9.17) is 9.97 Å².